The average molecular weight is 276 g/mol. The van der Waals surface area contributed by atoms with Crippen LogP contribution in [0.15, 0.2) is 72.5 Å². The van der Waals surface area contributed by atoms with Crippen molar-refractivity contribution < 1.29 is 4.74 Å². The van der Waals surface area contributed by atoms with Crippen LogP contribution in [0.1, 0.15) is 10.9 Å². The molecule has 1 aromatic carbocycles. The average Bonchev–Trinajstić information content (AvgIpc) is 2.46. The summed E-state index contributed by atoms with van der Waals surface area (Å²) in [7, 11) is 1.70. The fraction of sp³-hybridized carbons (Fsp3) is 0.188. The van der Waals surface area contributed by atoms with Crippen molar-refractivity contribution >= 4 is 17.3 Å². The van der Waals surface area contributed by atoms with Crippen molar-refractivity contribution in [2.24, 2.45) is 4.99 Å². The summed E-state index contributed by atoms with van der Waals surface area (Å²) >= 11 is 6.47. The first-order valence-electron chi connectivity index (χ1n) is 5.97. The van der Waals surface area contributed by atoms with Crippen LogP contribution in [0.25, 0.3) is 0 Å². The predicted octanol–water partition coefficient (Wildman–Crippen LogP) is 4.31. The second-order valence-electron chi connectivity index (χ2n) is 3.75. The third-order valence-corrected chi connectivity index (χ3v) is 2.91. The molecule has 100 valence electrons. The van der Waals surface area contributed by atoms with Gasteiger partial charge in [0.05, 0.1) is 5.71 Å². The van der Waals surface area contributed by atoms with Gasteiger partial charge in [-0.15, -0.1) is 11.6 Å². The molecule has 0 bridgehead atoms. The normalized spacial score (nSPS) is 13.8. The SMILES string of the molecule is C=C/C=C(/OCC=C)C(=NC)C(Cl)c1ccccc1. The van der Waals surface area contributed by atoms with Crippen molar-refractivity contribution in [3.05, 3.63) is 73.0 Å². The molecule has 0 aliphatic rings. The summed E-state index contributed by atoms with van der Waals surface area (Å²) in [4.78, 5) is 4.25. The minimum absolute atomic E-state index is 0.359. The van der Waals surface area contributed by atoms with Gasteiger partial charge in [0.25, 0.3) is 0 Å². The van der Waals surface area contributed by atoms with Crippen molar-refractivity contribution in [3.8, 4) is 0 Å². The molecule has 0 aliphatic heterocycles. The zero-order chi connectivity index (χ0) is 14.1. The van der Waals surface area contributed by atoms with Crippen LogP contribution < -0.4 is 0 Å². The molecule has 0 fully saturated rings. The summed E-state index contributed by atoms with van der Waals surface area (Å²) in [6.45, 7) is 7.71. The smallest absolute Gasteiger partial charge is 0.142 e. The molecule has 0 aromatic heterocycles. The van der Waals surface area contributed by atoms with Gasteiger partial charge in [-0.05, 0) is 11.6 Å². The van der Waals surface area contributed by atoms with E-state index in [0.29, 0.717) is 18.1 Å². The summed E-state index contributed by atoms with van der Waals surface area (Å²) in [5, 5.41) is -0.359. The molecule has 0 amide bonds. The molecule has 0 saturated carbocycles. The van der Waals surface area contributed by atoms with Crippen LogP contribution in [0.5, 0.6) is 0 Å². The molecule has 0 N–H and O–H groups in total. The van der Waals surface area contributed by atoms with Crippen LogP contribution in [0.2, 0.25) is 0 Å². The van der Waals surface area contributed by atoms with Crippen LogP contribution in [-0.2, 0) is 4.74 Å². The van der Waals surface area contributed by atoms with E-state index in [0.717, 1.165) is 5.56 Å². The van der Waals surface area contributed by atoms with Crippen LogP contribution in [0, 0.1) is 0 Å². The number of hydrogen-bond donors (Lipinski definition) is 0. The zero-order valence-corrected chi connectivity index (χ0v) is 11.8. The highest BCUT2D eigenvalue weighted by molar-refractivity contribution is 6.34. The minimum Gasteiger partial charge on any atom is -0.488 e. The van der Waals surface area contributed by atoms with E-state index in [-0.39, 0.29) is 5.38 Å². The summed E-state index contributed by atoms with van der Waals surface area (Å²) in [5.41, 5.74) is 1.65. The second-order valence-corrected chi connectivity index (χ2v) is 4.18. The second kappa shape index (κ2) is 8.33. The fourth-order valence-electron chi connectivity index (χ4n) is 1.59. The Morgan fingerprint density at radius 1 is 1.37 bits per heavy atom. The number of rotatable bonds is 7. The molecule has 1 rings (SSSR count). The number of hydrogen-bond acceptors (Lipinski definition) is 2. The van der Waals surface area contributed by atoms with E-state index in [1.807, 2.05) is 30.3 Å². The number of ether oxygens (including phenoxy) is 1. The van der Waals surface area contributed by atoms with Gasteiger partial charge in [-0.2, -0.15) is 0 Å². The molecule has 0 saturated heterocycles. The van der Waals surface area contributed by atoms with Crippen molar-refractivity contribution in [2.75, 3.05) is 13.7 Å². The highest BCUT2D eigenvalue weighted by Crippen LogP contribution is 2.26. The Morgan fingerprint density at radius 2 is 2.05 bits per heavy atom. The van der Waals surface area contributed by atoms with Crippen molar-refractivity contribution in [2.45, 2.75) is 5.38 Å². The lowest BCUT2D eigenvalue weighted by Gasteiger charge is -2.16. The largest absolute Gasteiger partial charge is 0.488 e. The molecule has 1 aromatic rings. The van der Waals surface area contributed by atoms with Crippen molar-refractivity contribution in [1.82, 2.24) is 0 Å². The molecule has 0 aliphatic carbocycles. The third kappa shape index (κ3) is 4.42. The lowest BCUT2D eigenvalue weighted by Crippen LogP contribution is -2.13. The van der Waals surface area contributed by atoms with Crippen LogP contribution in [0.4, 0.5) is 0 Å². The van der Waals surface area contributed by atoms with Gasteiger partial charge >= 0.3 is 0 Å². The van der Waals surface area contributed by atoms with Gasteiger partial charge in [0.15, 0.2) is 0 Å². The van der Waals surface area contributed by atoms with E-state index in [2.05, 4.69) is 18.2 Å². The molecule has 0 spiro atoms. The lowest BCUT2D eigenvalue weighted by molar-refractivity contribution is 0.268. The number of halogens is 1. The monoisotopic (exact) mass is 275 g/mol. The Kier molecular flexibility index (Phi) is 6.69. The van der Waals surface area contributed by atoms with E-state index in [9.17, 15) is 0 Å². The van der Waals surface area contributed by atoms with E-state index in [1.54, 1.807) is 25.3 Å². The summed E-state index contributed by atoms with van der Waals surface area (Å²) in [6, 6.07) is 9.76. The Labute approximate surface area is 119 Å². The van der Waals surface area contributed by atoms with Gasteiger partial charge in [-0.25, -0.2) is 0 Å². The lowest BCUT2D eigenvalue weighted by atomic mass is 10.1. The van der Waals surface area contributed by atoms with E-state index >= 15 is 0 Å². The first-order chi connectivity index (χ1) is 9.24. The van der Waals surface area contributed by atoms with E-state index < -0.39 is 0 Å². The molecule has 0 radical (unpaired) electrons. The number of nitrogens with zero attached hydrogens (tertiary/aromatic N) is 1. The molecule has 1 unspecified atom stereocenters. The molecule has 19 heavy (non-hydrogen) atoms. The summed E-state index contributed by atoms with van der Waals surface area (Å²) in [6.07, 6.45) is 5.08. The number of benzene rings is 1. The third-order valence-electron chi connectivity index (χ3n) is 2.45. The molecule has 2 nitrogen and oxygen atoms in total. The highest BCUT2D eigenvalue weighted by Gasteiger charge is 2.19. The van der Waals surface area contributed by atoms with Gasteiger partial charge in [0.2, 0.25) is 0 Å². The molecule has 1 atom stereocenters. The summed E-state index contributed by atoms with van der Waals surface area (Å²) < 4.78 is 5.58. The Balaban J connectivity index is 3.01. The maximum atomic E-state index is 6.47. The topological polar surface area (TPSA) is 21.6 Å². The number of allylic oxidation sites excluding steroid dienone is 3. The first-order valence-corrected chi connectivity index (χ1v) is 6.40. The van der Waals surface area contributed by atoms with Crippen LogP contribution >= 0.6 is 11.6 Å². The molecule has 3 heteroatoms. The van der Waals surface area contributed by atoms with Gasteiger partial charge in [-0.1, -0.05) is 55.6 Å². The zero-order valence-electron chi connectivity index (χ0n) is 11.1. The van der Waals surface area contributed by atoms with E-state index in [4.69, 9.17) is 16.3 Å². The maximum Gasteiger partial charge on any atom is 0.142 e. The van der Waals surface area contributed by atoms with Gasteiger partial charge < -0.3 is 4.74 Å². The predicted molar refractivity (Wildman–Crippen MR) is 82.8 cm³/mol. The van der Waals surface area contributed by atoms with Gasteiger partial charge in [0.1, 0.15) is 17.7 Å². The Hall–Kier alpha value is -1.80. The van der Waals surface area contributed by atoms with Crippen molar-refractivity contribution in [1.29, 1.82) is 0 Å². The maximum absolute atomic E-state index is 6.47. The van der Waals surface area contributed by atoms with Gasteiger partial charge in [0, 0.05) is 7.05 Å². The van der Waals surface area contributed by atoms with Crippen LogP contribution in [0.3, 0.4) is 0 Å². The Morgan fingerprint density at radius 3 is 2.58 bits per heavy atom. The molecular formula is C16H18ClNO. The van der Waals surface area contributed by atoms with E-state index in [1.165, 1.54) is 0 Å². The highest BCUT2D eigenvalue weighted by atomic mass is 35.5. The molecule has 0 heterocycles. The van der Waals surface area contributed by atoms with Crippen molar-refractivity contribution in [3.63, 3.8) is 0 Å². The first kappa shape index (κ1) is 15.3. The fourth-order valence-corrected chi connectivity index (χ4v) is 1.94. The number of alkyl halides is 1. The van der Waals surface area contributed by atoms with Gasteiger partial charge in [-0.3, -0.25) is 4.99 Å². The molecular weight excluding hydrogens is 258 g/mol. The summed E-state index contributed by atoms with van der Waals surface area (Å²) in [5.74, 6) is 0.612. The minimum atomic E-state index is -0.359. The Bertz CT molecular complexity index is 477. The quantitative estimate of drug-likeness (QED) is 0.239. The van der Waals surface area contributed by atoms with Crippen LogP contribution in [-0.4, -0.2) is 19.4 Å². The standard InChI is InChI=1S/C16H18ClNO/c1-4-9-14(19-12-5-2)16(18-3)15(17)13-10-7-6-8-11-13/h4-11,15H,1-2,12H2,3H3/b14-9+,18-16?. The number of aliphatic imine (C=N–C) groups is 1.